The van der Waals surface area contributed by atoms with Crippen LogP contribution in [0.15, 0.2) is 0 Å². The van der Waals surface area contributed by atoms with E-state index in [0.717, 1.165) is 0 Å². The number of nitrogens with one attached hydrogen (secondary N) is 8. The van der Waals surface area contributed by atoms with Gasteiger partial charge < -0.3 is 59.1 Å². The van der Waals surface area contributed by atoms with E-state index in [1.807, 2.05) is 0 Å². The van der Waals surface area contributed by atoms with Gasteiger partial charge in [0.25, 0.3) is 0 Å². The van der Waals surface area contributed by atoms with Crippen molar-refractivity contribution in [1.29, 1.82) is 0 Å². The van der Waals surface area contributed by atoms with Crippen LogP contribution in [0.1, 0.15) is 80.1 Å². The molecule has 9 amide bonds. The molecule has 0 aromatic carbocycles. The van der Waals surface area contributed by atoms with E-state index in [9.17, 15) is 56.3 Å². The summed E-state index contributed by atoms with van der Waals surface area (Å²) in [4.78, 5) is 121. The van der Waals surface area contributed by atoms with Crippen molar-refractivity contribution in [3.05, 3.63) is 0 Å². The van der Waals surface area contributed by atoms with Gasteiger partial charge in [-0.1, -0.05) is 0 Å². The van der Waals surface area contributed by atoms with Crippen molar-refractivity contribution >= 4 is 59.1 Å². The minimum absolute atomic E-state index is 0.0421. The van der Waals surface area contributed by atoms with Crippen molar-refractivity contribution in [3.63, 3.8) is 0 Å². The van der Waals surface area contributed by atoms with Crippen molar-refractivity contribution in [3.8, 4) is 0 Å². The number of halogens is 3. The van der Waals surface area contributed by atoms with Gasteiger partial charge in [0.15, 0.2) is 0 Å². The monoisotopic (exact) mass is 806 g/mol. The third kappa shape index (κ3) is 13.9. The number of aliphatic carboxylic acids is 1. The molecule has 0 aromatic rings. The van der Waals surface area contributed by atoms with Crippen LogP contribution in [0.3, 0.4) is 0 Å². The number of carbonyl (C=O) groups is 10. The highest BCUT2D eigenvalue weighted by Crippen LogP contribution is 2.18. The lowest BCUT2D eigenvalue weighted by molar-refractivity contribution is -0.192. The van der Waals surface area contributed by atoms with Crippen molar-refractivity contribution < 1.29 is 66.2 Å². The molecule has 314 valence electrons. The molecule has 0 radical (unpaired) electrons. The van der Waals surface area contributed by atoms with E-state index in [-0.39, 0.29) is 50.3 Å². The largest absolute Gasteiger partial charge is 0.490 e. The molecule has 3 rings (SSSR count). The van der Waals surface area contributed by atoms with Crippen LogP contribution in [0, 0.1) is 0 Å². The van der Waals surface area contributed by atoms with Gasteiger partial charge >= 0.3 is 12.1 Å². The molecule has 3 heterocycles. The highest BCUT2D eigenvalue weighted by atomic mass is 19.4. The smallest absolute Gasteiger partial charge is 0.475 e. The summed E-state index contributed by atoms with van der Waals surface area (Å²) in [5, 5.41) is 28.3. The zero-order valence-corrected chi connectivity index (χ0v) is 31.5. The molecule has 3 aliphatic heterocycles. The van der Waals surface area contributed by atoms with Crippen LogP contribution >= 0.6 is 0 Å². The molecular formula is C32H49F3N10O11. The van der Waals surface area contributed by atoms with Gasteiger partial charge in [-0.05, 0) is 41.5 Å². The van der Waals surface area contributed by atoms with Gasteiger partial charge in [-0.25, -0.2) is 4.79 Å². The van der Waals surface area contributed by atoms with Crippen LogP contribution in [0.4, 0.5) is 13.2 Å². The number of hydrogen-bond acceptors (Lipinski definition) is 11. The van der Waals surface area contributed by atoms with Gasteiger partial charge in [-0.2, -0.15) is 13.2 Å². The second kappa shape index (κ2) is 17.9. The molecule has 3 fully saturated rings. The third-order valence-electron chi connectivity index (χ3n) is 8.76. The van der Waals surface area contributed by atoms with Gasteiger partial charge in [0.05, 0.1) is 41.8 Å². The molecule has 0 saturated carbocycles. The molecule has 21 nitrogen and oxygen atoms in total. The number of primary amides is 1. The minimum Gasteiger partial charge on any atom is -0.475 e. The van der Waals surface area contributed by atoms with E-state index in [4.69, 9.17) is 21.4 Å². The number of alkyl halides is 3. The first-order valence-electron chi connectivity index (χ1n) is 17.2. The normalized spacial score (nSPS) is 23.6. The molecule has 3 aliphatic rings. The van der Waals surface area contributed by atoms with Crippen LogP contribution in [-0.2, 0) is 47.9 Å². The summed E-state index contributed by atoms with van der Waals surface area (Å²) in [6, 6.07) is -4.52. The predicted octanol–water partition coefficient (Wildman–Crippen LogP) is -4.08. The first-order chi connectivity index (χ1) is 25.4. The van der Waals surface area contributed by atoms with Crippen LogP contribution in [0.2, 0.25) is 0 Å². The highest BCUT2D eigenvalue weighted by molar-refractivity contribution is 5.94. The first kappa shape index (κ1) is 46.6. The fourth-order valence-electron chi connectivity index (χ4n) is 5.74. The molecule has 0 bridgehead atoms. The fraction of sp³-hybridized carbons (Fsp3) is 0.688. The molecule has 6 atom stereocenters. The van der Waals surface area contributed by atoms with Gasteiger partial charge in [0.2, 0.25) is 53.2 Å². The predicted molar refractivity (Wildman–Crippen MR) is 185 cm³/mol. The molecule has 0 aliphatic carbocycles. The number of nitrogens with two attached hydrogens (primary N) is 2. The van der Waals surface area contributed by atoms with E-state index >= 15 is 0 Å². The molecule has 13 N–H and O–H groups in total. The van der Waals surface area contributed by atoms with Crippen molar-refractivity contribution in [1.82, 2.24) is 42.5 Å². The van der Waals surface area contributed by atoms with E-state index in [2.05, 4.69) is 42.5 Å². The summed E-state index contributed by atoms with van der Waals surface area (Å²) in [5.74, 6) is -7.53. The maximum atomic E-state index is 13.3. The van der Waals surface area contributed by atoms with Crippen LogP contribution in [-0.4, -0.2) is 123 Å². The average Bonchev–Trinajstić information content (AvgIpc) is 3.65. The van der Waals surface area contributed by atoms with Crippen LogP contribution in [0.5, 0.6) is 0 Å². The Morgan fingerprint density at radius 3 is 1.18 bits per heavy atom. The minimum atomic E-state index is -5.08. The van der Waals surface area contributed by atoms with Gasteiger partial charge in [0, 0.05) is 38.5 Å². The molecule has 0 unspecified atom stereocenters. The maximum absolute atomic E-state index is 13.3. The number of rotatable bonds is 14. The summed E-state index contributed by atoms with van der Waals surface area (Å²) in [7, 11) is 0. The second-order valence-corrected chi connectivity index (χ2v) is 15.3. The summed E-state index contributed by atoms with van der Waals surface area (Å²) in [6.07, 6.45) is -6.06. The van der Waals surface area contributed by atoms with Crippen molar-refractivity contribution in [2.45, 2.75) is 139 Å². The molecule has 0 aromatic heterocycles. The lowest BCUT2D eigenvalue weighted by Gasteiger charge is -2.31. The summed E-state index contributed by atoms with van der Waals surface area (Å²) >= 11 is 0. The van der Waals surface area contributed by atoms with Gasteiger partial charge in [0.1, 0.15) is 11.1 Å². The third-order valence-corrected chi connectivity index (χ3v) is 8.76. The Kier molecular flexibility index (Phi) is 14.9. The lowest BCUT2D eigenvalue weighted by Crippen LogP contribution is -2.60. The molecule has 56 heavy (non-hydrogen) atoms. The summed E-state index contributed by atoms with van der Waals surface area (Å²) in [6.45, 7) is 8.78. The molecule has 24 heteroatoms. The Labute approximate surface area is 318 Å². The quantitative estimate of drug-likeness (QED) is 0.0799. The number of carboxylic acids is 1. The number of amides is 9. The van der Waals surface area contributed by atoms with Crippen LogP contribution in [0.25, 0.3) is 0 Å². The Balaban J connectivity index is 0.00000141. The Morgan fingerprint density at radius 2 is 0.911 bits per heavy atom. The fourth-order valence-corrected chi connectivity index (χ4v) is 5.74. The summed E-state index contributed by atoms with van der Waals surface area (Å²) in [5.41, 5.74) is 6.91. The zero-order valence-electron chi connectivity index (χ0n) is 31.5. The molecular weight excluding hydrogens is 757 g/mol. The topological polar surface area (TPSA) is 339 Å². The van der Waals surface area contributed by atoms with E-state index in [1.54, 1.807) is 0 Å². The zero-order chi connectivity index (χ0) is 43.1. The van der Waals surface area contributed by atoms with E-state index in [1.165, 1.54) is 41.5 Å². The maximum Gasteiger partial charge on any atom is 0.490 e. The second-order valence-electron chi connectivity index (χ2n) is 15.3. The van der Waals surface area contributed by atoms with Crippen LogP contribution < -0.4 is 54.0 Å². The average molecular weight is 807 g/mol. The van der Waals surface area contributed by atoms with E-state index < -0.39 is 106 Å². The Bertz CT molecular complexity index is 1610. The highest BCUT2D eigenvalue weighted by Gasteiger charge is 2.43. The number of carbonyl (C=O) groups excluding carboxylic acids is 9. The molecule has 3 saturated heterocycles. The Hall–Kier alpha value is -5.55. The summed E-state index contributed by atoms with van der Waals surface area (Å²) < 4.78 is 31.7. The van der Waals surface area contributed by atoms with Gasteiger partial charge in [-0.3, -0.25) is 43.2 Å². The van der Waals surface area contributed by atoms with Crippen molar-refractivity contribution in [2.24, 2.45) is 11.5 Å². The Morgan fingerprint density at radius 1 is 0.625 bits per heavy atom. The lowest BCUT2D eigenvalue weighted by atomic mass is 9.98. The number of hydrogen-bond donors (Lipinski definition) is 11. The number of carboxylic acid groups (broad SMARTS) is 1. The standard InChI is InChI=1S/C30H48N10O9.C2HF3O2/c1-28(2,32)25(47)36-17-9-21(43)34-14(17)11-23(45)39-30(5,6)27(49)38-18-10-22(44)35-15(18)12-24(46)40-29(3,4)26(48)37-16-8-20(42)33-13(16)7-19(31)41;3-2(4,5)1(6)7/h13-18H,7-12,32H2,1-6H3,(H2,31,41)(H,33,42)(H,34,43)(H,35,44)(H,36,47)(H,37,48)(H,38,49)(H,39,45)(H,40,46);(H,6,7)/t13-,14-,15-,16+,17+,18+;/m1./s1. The van der Waals surface area contributed by atoms with E-state index in [0.29, 0.717) is 0 Å². The van der Waals surface area contributed by atoms with Crippen molar-refractivity contribution in [2.75, 3.05) is 0 Å². The first-order valence-corrected chi connectivity index (χ1v) is 17.2. The SMILES string of the molecule is CC(C)(N)C(=O)N[C@H]1CC(=O)N[C@@H]1CC(=O)NC(C)(C)C(=O)N[C@H]1CC(=O)N[C@@H]1CC(=O)NC(C)(C)C(=O)N[C@H]1CC(=O)N[C@@H]1CC(N)=O.O=C(O)C(F)(F)F. The molecule has 0 spiro atoms. The van der Waals surface area contributed by atoms with Gasteiger partial charge in [-0.15, -0.1) is 0 Å².